The summed E-state index contributed by atoms with van der Waals surface area (Å²) in [5, 5.41) is 3.12. The third-order valence-electron chi connectivity index (χ3n) is 2.28. The van der Waals surface area contributed by atoms with E-state index in [4.69, 9.17) is 5.73 Å². The average molecular weight is 207 g/mol. The molecule has 0 bridgehead atoms. The fraction of sp³-hybridized carbons (Fsp3) is 0.455. The van der Waals surface area contributed by atoms with Crippen LogP contribution in [0.5, 0.6) is 0 Å². The highest BCUT2D eigenvalue weighted by Gasteiger charge is 2.10. The van der Waals surface area contributed by atoms with Crippen LogP contribution in [0.15, 0.2) is 24.5 Å². The van der Waals surface area contributed by atoms with Gasteiger partial charge in [0, 0.05) is 12.4 Å². The van der Waals surface area contributed by atoms with E-state index in [0.29, 0.717) is 0 Å². The molecule has 0 spiro atoms. The van der Waals surface area contributed by atoms with Crippen LogP contribution in [0.4, 0.5) is 0 Å². The highest BCUT2D eigenvalue weighted by molar-refractivity contribution is 5.79. The molecule has 1 heterocycles. The van der Waals surface area contributed by atoms with Crippen molar-refractivity contribution in [3.05, 3.63) is 30.1 Å². The Hall–Kier alpha value is -1.42. The number of hydrogen-bond donors (Lipinski definition) is 2. The summed E-state index contributed by atoms with van der Waals surface area (Å²) in [6.45, 7) is 2.68. The predicted octanol–water partition coefficient (Wildman–Crippen LogP) is 0.478. The molecule has 0 fully saturated rings. The van der Waals surface area contributed by atoms with Crippen LogP contribution in [-0.2, 0) is 11.2 Å². The molecule has 4 heteroatoms. The number of primary amides is 1. The maximum atomic E-state index is 10.9. The molecule has 0 aliphatic rings. The topological polar surface area (TPSA) is 68.0 Å². The normalized spacial score (nSPS) is 12.3. The first-order valence-electron chi connectivity index (χ1n) is 5.15. The zero-order valence-electron chi connectivity index (χ0n) is 8.94. The van der Waals surface area contributed by atoms with Crippen LogP contribution in [0.1, 0.15) is 18.9 Å². The SMILES string of the molecule is CCC(NCCc1cccnc1)C(N)=O. The molecule has 1 atom stereocenters. The number of amides is 1. The molecule has 1 aromatic rings. The number of nitrogens with zero attached hydrogens (tertiary/aromatic N) is 1. The van der Waals surface area contributed by atoms with Crippen molar-refractivity contribution in [3.8, 4) is 0 Å². The van der Waals surface area contributed by atoms with Crippen molar-refractivity contribution in [3.63, 3.8) is 0 Å². The van der Waals surface area contributed by atoms with E-state index in [2.05, 4.69) is 10.3 Å². The van der Waals surface area contributed by atoms with E-state index >= 15 is 0 Å². The lowest BCUT2D eigenvalue weighted by atomic mass is 10.2. The molecule has 1 rings (SSSR count). The Morgan fingerprint density at radius 1 is 1.67 bits per heavy atom. The smallest absolute Gasteiger partial charge is 0.234 e. The Morgan fingerprint density at radius 3 is 3.00 bits per heavy atom. The quantitative estimate of drug-likeness (QED) is 0.713. The minimum atomic E-state index is -0.288. The van der Waals surface area contributed by atoms with Crippen LogP contribution in [0.3, 0.4) is 0 Å². The van der Waals surface area contributed by atoms with Crippen LogP contribution in [0.25, 0.3) is 0 Å². The third-order valence-corrected chi connectivity index (χ3v) is 2.28. The molecule has 1 amide bonds. The predicted molar refractivity (Wildman–Crippen MR) is 59.2 cm³/mol. The second kappa shape index (κ2) is 6.14. The number of aromatic nitrogens is 1. The summed E-state index contributed by atoms with van der Waals surface area (Å²) in [6.07, 6.45) is 5.15. The van der Waals surface area contributed by atoms with Crippen molar-refractivity contribution in [2.75, 3.05) is 6.54 Å². The van der Waals surface area contributed by atoms with Crippen molar-refractivity contribution in [1.29, 1.82) is 0 Å². The van der Waals surface area contributed by atoms with Gasteiger partial charge in [0.25, 0.3) is 0 Å². The largest absolute Gasteiger partial charge is 0.368 e. The lowest BCUT2D eigenvalue weighted by Crippen LogP contribution is -2.41. The van der Waals surface area contributed by atoms with Gasteiger partial charge in [-0.25, -0.2) is 0 Å². The van der Waals surface area contributed by atoms with Crippen molar-refractivity contribution in [2.24, 2.45) is 5.73 Å². The standard InChI is InChI=1S/C11H17N3O/c1-2-10(11(12)15)14-7-5-9-4-3-6-13-8-9/h3-4,6,8,10,14H,2,5,7H2,1H3,(H2,12,15). The summed E-state index contributed by atoms with van der Waals surface area (Å²) in [5.41, 5.74) is 6.37. The van der Waals surface area contributed by atoms with Gasteiger partial charge < -0.3 is 11.1 Å². The number of rotatable bonds is 6. The van der Waals surface area contributed by atoms with Crippen molar-refractivity contribution >= 4 is 5.91 Å². The van der Waals surface area contributed by atoms with Crippen LogP contribution in [-0.4, -0.2) is 23.5 Å². The molecule has 0 aromatic carbocycles. The lowest BCUT2D eigenvalue weighted by Gasteiger charge is -2.12. The molecule has 0 aliphatic carbocycles. The van der Waals surface area contributed by atoms with E-state index in [9.17, 15) is 4.79 Å². The van der Waals surface area contributed by atoms with Crippen molar-refractivity contribution in [2.45, 2.75) is 25.8 Å². The van der Waals surface area contributed by atoms with E-state index in [1.807, 2.05) is 25.3 Å². The minimum absolute atomic E-state index is 0.221. The Kier molecular flexibility index (Phi) is 4.77. The second-order valence-corrected chi connectivity index (χ2v) is 3.43. The van der Waals surface area contributed by atoms with Gasteiger partial charge in [0.15, 0.2) is 0 Å². The Labute approximate surface area is 89.9 Å². The summed E-state index contributed by atoms with van der Waals surface area (Å²) >= 11 is 0. The van der Waals surface area contributed by atoms with E-state index in [1.54, 1.807) is 6.20 Å². The summed E-state index contributed by atoms with van der Waals surface area (Å²) < 4.78 is 0. The molecular formula is C11H17N3O. The van der Waals surface area contributed by atoms with Crippen LogP contribution < -0.4 is 11.1 Å². The fourth-order valence-electron chi connectivity index (χ4n) is 1.38. The zero-order chi connectivity index (χ0) is 11.1. The molecule has 3 N–H and O–H groups in total. The van der Waals surface area contributed by atoms with Gasteiger partial charge in [-0.15, -0.1) is 0 Å². The highest BCUT2D eigenvalue weighted by atomic mass is 16.1. The van der Waals surface area contributed by atoms with Gasteiger partial charge in [-0.05, 0) is 31.0 Å². The molecular weight excluding hydrogens is 190 g/mol. The van der Waals surface area contributed by atoms with Gasteiger partial charge in [-0.3, -0.25) is 9.78 Å². The van der Waals surface area contributed by atoms with Gasteiger partial charge in [0.05, 0.1) is 6.04 Å². The number of carbonyl (C=O) groups is 1. The molecule has 82 valence electrons. The molecule has 0 radical (unpaired) electrons. The summed E-state index contributed by atoms with van der Waals surface area (Å²) in [6, 6.07) is 3.70. The maximum Gasteiger partial charge on any atom is 0.234 e. The highest BCUT2D eigenvalue weighted by Crippen LogP contribution is 1.96. The van der Waals surface area contributed by atoms with Gasteiger partial charge in [0.2, 0.25) is 5.91 Å². The van der Waals surface area contributed by atoms with E-state index < -0.39 is 0 Å². The van der Waals surface area contributed by atoms with Gasteiger partial charge in [-0.2, -0.15) is 0 Å². The molecule has 0 aliphatic heterocycles. The monoisotopic (exact) mass is 207 g/mol. The summed E-state index contributed by atoms with van der Waals surface area (Å²) in [5.74, 6) is -0.288. The van der Waals surface area contributed by atoms with Gasteiger partial charge in [0.1, 0.15) is 0 Å². The Morgan fingerprint density at radius 2 is 2.47 bits per heavy atom. The average Bonchev–Trinajstić information content (AvgIpc) is 2.25. The minimum Gasteiger partial charge on any atom is -0.368 e. The molecule has 4 nitrogen and oxygen atoms in total. The first-order valence-corrected chi connectivity index (χ1v) is 5.15. The number of pyridine rings is 1. The zero-order valence-corrected chi connectivity index (χ0v) is 8.94. The number of nitrogens with one attached hydrogen (secondary N) is 1. The Balaban J connectivity index is 2.30. The molecule has 0 saturated heterocycles. The maximum absolute atomic E-state index is 10.9. The van der Waals surface area contributed by atoms with E-state index in [0.717, 1.165) is 24.9 Å². The van der Waals surface area contributed by atoms with Crippen LogP contribution in [0.2, 0.25) is 0 Å². The van der Waals surface area contributed by atoms with Crippen LogP contribution in [0, 0.1) is 0 Å². The molecule has 1 unspecified atom stereocenters. The number of hydrogen-bond acceptors (Lipinski definition) is 3. The second-order valence-electron chi connectivity index (χ2n) is 3.43. The first-order chi connectivity index (χ1) is 7.24. The van der Waals surface area contributed by atoms with E-state index in [1.165, 1.54) is 0 Å². The van der Waals surface area contributed by atoms with Crippen LogP contribution >= 0.6 is 0 Å². The molecule has 0 saturated carbocycles. The molecule has 15 heavy (non-hydrogen) atoms. The summed E-state index contributed by atoms with van der Waals surface area (Å²) in [4.78, 5) is 14.9. The van der Waals surface area contributed by atoms with Gasteiger partial charge >= 0.3 is 0 Å². The molecule has 1 aromatic heterocycles. The fourth-order valence-corrected chi connectivity index (χ4v) is 1.38. The van der Waals surface area contributed by atoms with Crippen molar-refractivity contribution in [1.82, 2.24) is 10.3 Å². The number of carbonyl (C=O) groups excluding carboxylic acids is 1. The lowest BCUT2D eigenvalue weighted by molar-refractivity contribution is -0.120. The number of nitrogens with two attached hydrogens (primary N) is 1. The summed E-state index contributed by atoms with van der Waals surface area (Å²) in [7, 11) is 0. The van der Waals surface area contributed by atoms with Crippen molar-refractivity contribution < 1.29 is 4.79 Å². The third kappa shape index (κ3) is 4.08. The van der Waals surface area contributed by atoms with E-state index in [-0.39, 0.29) is 11.9 Å². The van der Waals surface area contributed by atoms with Gasteiger partial charge in [-0.1, -0.05) is 13.0 Å². The Bertz CT molecular complexity index is 300. The first kappa shape index (κ1) is 11.7.